The van der Waals surface area contributed by atoms with Gasteiger partial charge in [-0.05, 0) is 48.5 Å². The molecule has 0 bridgehead atoms. The highest BCUT2D eigenvalue weighted by Gasteiger charge is 2.35. The lowest BCUT2D eigenvalue weighted by Gasteiger charge is -2.20. The summed E-state index contributed by atoms with van der Waals surface area (Å²) in [5, 5.41) is 11.9. The topological polar surface area (TPSA) is 130 Å². The van der Waals surface area contributed by atoms with Gasteiger partial charge in [-0.15, -0.1) is 0 Å². The van der Waals surface area contributed by atoms with Crippen LogP contribution in [0.5, 0.6) is 5.75 Å². The molecule has 0 unspecified atom stereocenters. The highest BCUT2D eigenvalue weighted by atomic mass is 35.5. The summed E-state index contributed by atoms with van der Waals surface area (Å²) in [4.78, 5) is 35.9. The number of nitrogens with zero attached hydrogens (tertiary/aromatic N) is 1. The minimum atomic E-state index is -4.36. The normalized spacial score (nSPS) is 15.9. The molecule has 3 rings (SSSR count). The molecule has 2 aromatic carbocycles. The number of carboxylic acids is 1. The molecule has 0 atom stereocenters. The predicted molar refractivity (Wildman–Crippen MR) is 116 cm³/mol. The van der Waals surface area contributed by atoms with Gasteiger partial charge in [0.25, 0.3) is 15.9 Å². The van der Waals surface area contributed by atoms with E-state index in [1.165, 1.54) is 48.5 Å². The van der Waals surface area contributed by atoms with Crippen molar-refractivity contribution in [1.82, 2.24) is 9.62 Å². The van der Waals surface area contributed by atoms with Crippen molar-refractivity contribution in [3.63, 3.8) is 0 Å². The van der Waals surface area contributed by atoms with Gasteiger partial charge in [0.05, 0.1) is 4.90 Å². The number of amides is 2. The standard InChI is InChI=1S/C20H16Cl2N2O7S/c21-14-1-4-16(5-2-14)32(29,30)24-10-18(25)23-9-13(20(24)28)7-12-8-15(22)3-6-17(12)31-11-19(26)27/h1-8H,9-11H2,(H,23,25)(H,26,27). The highest BCUT2D eigenvalue weighted by molar-refractivity contribution is 7.89. The van der Waals surface area contributed by atoms with Gasteiger partial charge in [-0.1, -0.05) is 23.2 Å². The van der Waals surface area contributed by atoms with Crippen LogP contribution in [0.4, 0.5) is 0 Å². The molecule has 0 aliphatic carbocycles. The molecule has 0 spiro atoms. The SMILES string of the molecule is O=C(O)COc1ccc(Cl)cc1C=C1CNC(=O)CN(S(=O)(=O)c2ccc(Cl)cc2)C1=O. The molecule has 1 aliphatic rings. The third kappa shape index (κ3) is 5.39. The number of benzene rings is 2. The van der Waals surface area contributed by atoms with Gasteiger partial charge in [0.15, 0.2) is 6.61 Å². The second kappa shape index (κ2) is 9.60. The van der Waals surface area contributed by atoms with Gasteiger partial charge in [0.1, 0.15) is 12.3 Å². The van der Waals surface area contributed by atoms with Crippen molar-refractivity contribution >= 4 is 57.1 Å². The first-order valence-electron chi connectivity index (χ1n) is 9.02. The van der Waals surface area contributed by atoms with Gasteiger partial charge in [-0.25, -0.2) is 17.5 Å². The van der Waals surface area contributed by atoms with E-state index in [4.69, 9.17) is 33.0 Å². The van der Waals surface area contributed by atoms with Crippen molar-refractivity contribution in [2.24, 2.45) is 0 Å². The molecule has 0 radical (unpaired) electrons. The van der Waals surface area contributed by atoms with E-state index in [0.29, 0.717) is 9.33 Å². The van der Waals surface area contributed by atoms with Crippen LogP contribution >= 0.6 is 23.2 Å². The Hall–Kier alpha value is -3.08. The van der Waals surface area contributed by atoms with Crippen LogP contribution in [0, 0.1) is 0 Å². The lowest BCUT2D eigenvalue weighted by atomic mass is 10.1. The van der Waals surface area contributed by atoms with E-state index in [2.05, 4.69) is 5.32 Å². The predicted octanol–water partition coefficient (Wildman–Crippen LogP) is 2.19. The number of halogens is 2. The van der Waals surface area contributed by atoms with Crippen LogP contribution < -0.4 is 10.1 Å². The zero-order valence-electron chi connectivity index (χ0n) is 16.2. The van der Waals surface area contributed by atoms with Gasteiger partial charge in [-0.3, -0.25) is 9.59 Å². The van der Waals surface area contributed by atoms with E-state index in [1.54, 1.807) is 0 Å². The van der Waals surface area contributed by atoms with Crippen molar-refractivity contribution in [1.29, 1.82) is 0 Å². The van der Waals surface area contributed by atoms with E-state index in [1.807, 2.05) is 0 Å². The zero-order chi connectivity index (χ0) is 23.5. The lowest BCUT2D eigenvalue weighted by Crippen LogP contribution is -2.40. The maximum Gasteiger partial charge on any atom is 0.341 e. The van der Waals surface area contributed by atoms with Gasteiger partial charge in [0, 0.05) is 27.7 Å². The smallest absolute Gasteiger partial charge is 0.341 e. The number of aliphatic carboxylic acids is 1. The molecule has 1 fully saturated rings. The number of hydrogen-bond acceptors (Lipinski definition) is 6. The number of carbonyl (C=O) groups excluding carboxylic acids is 2. The van der Waals surface area contributed by atoms with Crippen LogP contribution in [-0.4, -0.2) is 55.3 Å². The summed E-state index contributed by atoms with van der Waals surface area (Å²) in [7, 11) is -4.36. The Kier molecular flexibility index (Phi) is 7.07. The van der Waals surface area contributed by atoms with Crippen LogP contribution in [0.1, 0.15) is 5.56 Å². The molecule has 0 aromatic heterocycles. The Balaban J connectivity index is 2.03. The molecule has 32 heavy (non-hydrogen) atoms. The van der Waals surface area contributed by atoms with E-state index in [9.17, 15) is 22.8 Å². The van der Waals surface area contributed by atoms with Crippen LogP contribution in [0.3, 0.4) is 0 Å². The molecule has 2 N–H and O–H groups in total. The number of hydrogen-bond donors (Lipinski definition) is 2. The van der Waals surface area contributed by atoms with Crippen molar-refractivity contribution in [3.05, 3.63) is 63.6 Å². The summed E-state index contributed by atoms with van der Waals surface area (Å²) >= 11 is 11.8. The van der Waals surface area contributed by atoms with Gasteiger partial charge >= 0.3 is 5.97 Å². The van der Waals surface area contributed by atoms with Gasteiger partial charge < -0.3 is 15.2 Å². The number of carbonyl (C=O) groups is 3. The molecule has 1 heterocycles. The minimum Gasteiger partial charge on any atom is -0.481 e. The molecule has 0 saturated carbocycles. The second-order valence-corrected chi connectivity index (χ2v) is 9.32. The van der Waals surface area contributed by atoms with Crippen LogP contribution in [0.2, 0.25) is 10.0 Å². The fourth-order valence-electron chi connectivity index (χ4n) is 2.82. The first-order chi connectivity index (χ1) is 15.1. The quantitative estimate of drug-likeness (QED) is 0.583. The molecule has 2 amide bonds. The monoisotopic (exact) mass is 498 g/mol. The number of nitrogens with one attached hydrogen (secondary N) is 1. The number of rotatable bonds is 6. The van der Waals surface area contributed by atoms with E-state index in [-0.39, 0.29) is 33.3 Å². The van der Waals surface area contributed by atoms with Crippen molar-refractivity contribution in [2.75, 3.05) is 19.7 Å². The second-order valence-electron chi connectivity index (χ2n) is 6.58. The van der Waals surface area contributed by atoms with Crippen LogP contribution in [0.25, 0.3) is 6.08 Å². The third-order valence-corrected chi connectivity index (χ3v) is 6.55. The largest absolute Gasteiger partial charge is 0.481 e. The van der Waals surface area contributed by atoms with E-state index < -0.39 is 41.0 Å². The minimum absolute atomic E-state index is 0.0733. The van der Waals surface area contributed by atoms with Crippen LogP contribution in [0.15, 0.2) is 52.9 Å². The maximum absolute atomic E-state index is 13.1. The number of sulfonamides is 1. The zero-order valence-corrected chi connectivity index (χ0v) is 18.6. The first-order valence-corrected chi connectivity index (χ1v) is 11.2. The van der Waals surface area contributed by atoms with Gasteiger partial charge in [-0.2, -0.15) is 0 Å². The van der Waals surface area contributed by atoms with Crippen molar-refractivity contribution < 1.29 is 32.6 Å². The summed E-state index contributed by atoms with van der Waals surface area (Å²) in [5.41, 5.74) is 0.165. The molecule has 12 heteroatoms. The van der Waals surface area contributed by atoms with E-state index in [0.717, 1.165) is 0 Å². The Bertz CT molecular complexity index is 1210. The number of ether oxygens (including phenoxy) is 1. The first kappa shape index (κ1) is 23.6. The fourth-order valence-corrected chi connectivity index (χ4v) is 4.48. The Labute approximate surface area is 193 Å². The average molecular weight is 499 g/mol. The Morgan fingerprint density at radius 2 is 1.78 bits per heavy atom. The van der Waals surface area contributed by atoms with Crippen molar-refractivity contribution in [3.8, 4) is 5.75 Å². The number of carboxylic acid groups (broad SMARTS) is 1. The van der Waals surface area contributed by atoms with Crippen molar-refractivity contribution in [2.45, 2.75) is 4.90 Å². The molecule has 168 valence electrons. The van der Waals surface area contributed by atoms with Gasteiger partial charge in [0.2, 0.25) is 5.91 Å². The lowest BCUT2D eigenvalue weighted by molar-refractivity contribution is -0.139. The highest BCUT2D eigenvalue weighted by Crippen LogP contribution is 2.27. The van der Waals surface area contributed by atoms with E-state index >= 15 is 0 Å². The Morgan fingerprint density at radius 1 is 1.12 bits per heavy atom. The molecular formula is C20H16Cl2N2O7S. The third-order valence-electron chi connectivity index (χ3n) is 4.32. The summed E-state index contributed by atoms with van der Waals surface area (Å²) < 4.78 is 31.8. The molecule has 1 saturated heterocycles. The average Bonchev–Trinajstić information content (AvgIpc) is 2.87. The summed E-state index contributed by atoms with van der Waals surface area (Å²) in [6, 6.07) is 9.47. The summed E-state index contributed by atoms with van der Waals surface area (Å²) in [6.45, 7) is -1.60. The summed E-state index contributed by atoms with van der Waals surface area (Å²) in [5.74, 6) is -2.70. The fraction of sp³-hybridized carbons (Fsp3) is 0.150. The molecule has 9 nitrogen and oxygen atoms in total. The molecule has 2 aromatic rings. The van der Waals surface area contributed by atoms with Crippen LogP contribution in [-0.2, 0) is 24.4 Å². The summed E-state index contributed by atoms with van der Waals surface area (Å²) in [6.07, 6.45) is 1.29. The maximum atomic E-state index is 13.1. The Morgan fingerprint density at radius 3 is 2.44 bits per heavy atom. The molecule has 1 aliphatic heterocycles. The molecular weight excluding hydrogens is 483 g/mol.